The highest BCUT2D eigenvalue weighted by molar-refractivity contribution is 6.32. The summed E-state index contributed by atoms with van der Waals surface area (Å²) in [6, 6.07) is 34.4. The molecule has 1 aliphatic heterocycles. The molecule has 8 rings (SSSR count). The van der Waals surface area contributed by atoms with Crippen LogP contribution in [0.25, 0.3) is 66.4 Å². The van der Waals surface area contributed by atoms with Crippen LogP contribution in [-0.4, -0.2) is 11.1 Å². The molecule has 0 unspecified atom stereocenters. The lowest BCUT2D eigenvalue weighted by Gasteiger charge is -2.17. The highest BCUT2D eigenvalue weighted by atomic mass is 16.3. The molecule has 1 N–H and O–H groups in total. The average molecular weight is 437 g/mol. The van der Waals surface area contributed by atoms with Crippen LogP contribution in [0.15, 0.2) is 101 Å². The lowest BCUT2D eigenvalue weighted by molar-refractivity contribution is 0.676. The zero-order valence-corrected chi connectivity index (χ0v) is 18.4. The number of aromatic nitrogens is 1. The van der Waals surface area contributed by atoms with Crippen LogP contribution < -0.4 is 15.8 Å². The third-order valence-corrected chi connectivity index (χ3v) is 7.19. The predicted molar refractivity (Wildman–Crippen MR) is 141 cm³/mol. The number of para-hydroxylation sites is 1. The Hall–Kier alpha value is -4.50. The van der Waals surface area contributed by atoms with Gasteiger partial charge in [0.1, 0.15) is 16.9 Å². The Morgan fingerprint density at radius 2 is 1.26 bits per heavy atom. The number of benzene rings is 5. The van der Waals surface area contributed by atoms with Gasteiger partial charge in [-0.15, -0.1) is 0 Å². The highest BCUT2D eigenvalue weighted by Gasteiger charge is 2.24. The normalized spacial score (nSPS) is 13.6. The molecule has 1 aliphatic rings. The van der Waals surface area contributed by atoms with Gasteiger partial charge in [0.2, 0.25) is 0 Å². The van der Waals surface area contributed by atoms with Crippen molar-refractivity contribution in [3.8, 4) is 0 Å². The first-order valence-corrected chi connectivity index (χ1v) is 11.7. The van der Waals surface area contributed by atoms with Crippen molar-refractivity contribution >= 4 is 66.4 Å². The van der Waals surface area contributed by atoms with Crippen LogP contribution in [0.3, 0.4) is 0 Å². The molecule has 5 aromatic carbocycles. The van der Waals surface area contributed by atoms with Gasteiger partial charge in [-0.3, -0.25) is 4.57 Å². The molecule has 0 atom stereocenters. The first-order valence-electron chi connectivity index (χ1n) is 11.7. The van der Waals surface area contributed by atoms with E-state index in [4.69, 9.17) is 4.42 Å². The van der Waals surface area contributed by atoms with Crippen LogP contribution >= 0.6 is 0 Å². The van der Waals surface area contributed by atoms with E-state index in [1.165, 1.54) is 32.0 Å². The van der Waals surface area contributed by atoms with Crippen molar-refractivity contribution in [2.75, 3.05) is 6.54 Å². The Kier molecular flexibility index (Phi) is 3.45. The van der Waals surface area contributed by atoms with Crippen molar-refractivity contribution in [3.05, 3.63) is 107 Å². The molecule has 0 bridgehead atoms. The third-order valence-electron chi connectivity index (χ3n) is 7.19. The van der Waals surface area contributed by atoms with Gasteiger partial charge in [0, 0.05) is 22.5 Å². The molecule has 0 fully saturated rings. The fourth-order valence-corrected chi connectivity index (χ4v) is 5.77. The minimum absolute atomic E-state index is 0.791. The molecule has 2 aromatic heterocycles. The van der Waals surface area contributed by atoms with Crippen LogP contribution in [0, 0.1) is 0 Å². The minimum atomic E-state index is 0.791. The van der Waals surface area contributed by atoms with E-state index in [0.717, 1.165) is 45.3 Å². The maximum atomic E-state index is 6.78. The Bertz CT molecular complexity index is 2070. The zero-order chi connectivity index (χ0) is 22.2. The summed E-state index contributed by atoms with van der Waals surface area (Å²) in [4.78, 5) is 0. The number of rotatable bonds is 1. The molecule has 160 valence electrons. The second-order valence-corrected chi connectivity index (χ2v) is 8.95. The fraction of sp³-hybridized carbons (Fsp3) is 0.0323. The summed E-state index contributed by atoms with van der Waals surface area (Å²) >= 11 is 0. The van der Waals surface area contributed by atoms with Crippen LogP contribution in [0.4, 0.5) is 0 Å². The van der Waals surface area contributed by atoms with Crippen LogP contribution in [-0.2, 0) is 0 Å². The van der Waals surface area contributed by atoms with Gasteiger partial charge < -0.3 is 9.73 Å². The van der Waals surface area contributed by atoms with E-state index in [1.54, 1.807) is 0 Å². The molecule has 34 heavy (non-hydrogen) atoms. The molecule has 3 heterocycles. The van der Waals surface area contributed by atoms with E-state index in [-0.39, 0.29) is 0 Å². The lowest BCUT2D eigenvalue weighted by Crippen LogP contribution is -2.39. The standard InChI is InChI=1S/C31H20N2O/c1-2-10-20-19(9-1)17-18-32-31(20)33-26-16-8-7-15-25(26)30-28(33)27-23-13-5-3-11-21(23)22-12-4-6-14-24(22)29(27)34-30/h1-17,32H,18H2. The molecular formula is C31H20N2O. The second-order valence-electron chi connectivity index (χ2n) is 8.95. The van der Waals surface area contributed by atoms with E-state index in [2.05, 4.69) is 113 Å². The molecule has 0 spiro atoms. The summed E-state index contributed by atoms with van der Waals surface area (Å²) in [5, 5.41) is 13.3. The first kappa shape index (κ1) is 18.0. The van der Waals surface area contributed by atoms with E-state index in [9.17, 15) is 0 Å². The van der Waals surface area contributed by atoms with Gasteiger partial charge in [0.15, 0.2) is 5.58 Å². The zero-order valence-electron chi connectivity index (χ0n) is 18.4. The maximum absolute atomic E-state index is 6.78. The number of hydrogen-bond donors (Lipinski definition) is 1. The summed E-state index contributed by atoms with van der Waals surface area (Å²) in [6.45, 7) is 0.791. The summed E-state index contributed by atoms with van der Waals surface area (Å²) in [5.74, 6) is 1.10. The van der Waals surface area contributed by atoms with E-state index in [1.807, 2.05) is 0 Å². The van der Waals surface area contributed by atoms with Crippen LogP contribution in [0.5, 0.6) is 0 Å². The molecule has 0 aliphatic carbocycles. The van der Waals surface area contributed by atoms with E-state index in [0.29, 0.717) is 0 Å². The van der Waals surface area contributed by atoms with Crippen molar-refractivity contribution in [3.63, 3.8) is 0 Å². The first-order chi connectivity index (χ1) is 16.9. The van der Waals surface area contributed by atoms with Crippen molar-refractivity contribution in [2.45, 2.75) is 0 Å². The summed E-state index contributed by atoms with van der Waals surface area (Å²) in [5.41, 5.74) is 4.16. The average Bonchev–Trinajstić information content (AvgIpc) is 3.44. The Morgan fingerprint density at radius 1 is 0.618 bits per heavy atom. The topological polar surface area (TPSA) is 30.1 Å². The van der Waals surface area contributed by atoms with Crippen LogP contribution in [0.1, 0.15) is 0 Å². The van der Waals surface area contributed by atoms with Gasteiger partial charge in [-0.05, 0) is 33.5 Å². The van der Waals surface area contributed by atoms with Crippen molar-refractivity contribution in [1.29, 1.82) is 0 Å². The second kappa shape index (κ2) is 6.52. The van der Waals surface area contributed by atoms with E-state index >= 15 is 0 Å². The fourth-order valence-electron chi connectivity index (χ4n) is 5.77. The molecule has 0 saturated carbocycles. The number of fused-ring (bicyclic) bond motifs is 11. The van der Waals surface area contributed by atoms with Crippen LogP contribution in [0.2, 0.25) is 0 Å². The van der Waals surface area contributed by atoms with Gasteiger partial charge >= 0.3 is 0 Å². The summed E-state index contributed by atoms with van der Waals surface area (Å²) < 4.78 is 9.16. The van der Waals surface area contributed by atoms with Crippen molar-refractivity contribution in [2.24, 2.45) is 0 Å². The van der Waals surface area contributed by atoms with E-state index < -0.39 is 0 Å². The van der Waals surface area contributed by atoms with Gasteiger partial charge in [-0.2, -0.15) is 0 Å². The summed E-state index contributed by atoms with van der Waals surface area (Å²) in [7, 11) is 0. The minimum Gasteiger partial charge on any atom is -0.453 e. The lowest BCUT2D eigenvalue weighted by atomic mass is 9.98. The smallest absolute Gasteiger partial charge is 0.161 e. The van der Waals surface area contributed by atoms with Gasteiger partial charge in [0.25, 0.3) is 0 Å². The third kappa shape index (κ3) is 2.21. The number of nitrogens with one attached hydrogen (secondary N) is 1. The molecule has 0 radical (unpaired) electrons. The number of hydrogen-bond acceptors (Lipinski definition) is 2. The number of nitrogens with zero attached hydrogens (tertiary/aromatic N) is 1. The Labute approximate surface area is 194 Å². The molecule has 7 aromatic rings. The quantitative estimate of drug-likeness (QED) is 0.328. The predicted octanol–water partition coefficient (Wildman–Crippen LogP) is 5.84. The molecule has 0 amide bonds. The van der Waals surface area contributed by atoms with Gasteiger partial charge in [-0.1, -0.05) is 91.0 Å². The monoisotopic (exact) mass is 436 g/mol. The van der Waals surface area contributed by atoms with Gasteiger partial charge in [0.05, 0.1) is 10.9 Å². The number of furan rings is 1. The SMILES string of the molecule is C1=c2ccccc2=C(n2c3ccccc3c3oc4c5ccccc5c5ccccc5c4c32)NC1. The molecule has 3 nitrogen and oxygen atoms in total. The Balaban J connectivity index is 1.72. The highest BCUT2D eigenvalue weighted by Crippen LogP contribution is 2.44. The molecule has 3 heteroatoms. The Morgan fingerprint density at radius 3 is 2.12 bits per heavy atom. The molecule has 0 saturated heterocycles. The summed E-state index contributed by atoms with van der Waals surface area (Å²) in [6.07, 6.45) is 2.25. The van der Waals surface area contributed by atoms with Crippen molar-refractivity contribution < 1.29 is 4.42 Å². The maximum Gasteiger partial charge on any atom is 0.161 e. The van der Waals surface area contributed by atoms with Gasteiger partial charge in [-0.25, -0.2) is 0 Å². The largest absolute Gasteiger partial charge is 0.453 e. The molecular weight excluding hydrogens is 416 g/mol. The van der Waals surface area contributed by atoms with Crippen molar-refractivity contribution in [1.82, 2.24) is 9.88 Å².